The quantitative estimate of drug-likeness (QED) is 0.797. The van der Waals surface area contributed by atoms with Crippen LogP contribution in [0.4, 0.5) is 0 Å². The van der Waals surface area contributed by atoms with Gasteiger partial charge in [0.15, 0.2) is 0 Å². The van der Waals surface area contributed by atoms with E-state index in [0.717, 1.165) is 83.5 Å². The highest BCUT2D eigenvalue weighted by Crippen LogP contribution is 2.42. The van der Waals surface area contributed by atoms with Crippen LogP contribution in [0.5, 0.6) is 0 Å². The molecular formula is C23H42N2O3. The highest BCUT2D eigenvalue weighted by Gasteiger charge is 2.44. The van der Waals surface area contributed by atoms with Crippen molar-refractivity contribution in [1.29, 1.82) is 0 Å². The number of rotatable bonds is 3. The van der Waals surface area contributed by atoms with Gasteiger partial charge in [0.05, 0.1) is 11.2 Å². The van der Waals surface area contributed by atoms with Crippen LogP contribution in [-0.4, -0.2) is 71.3 Å². The fourth-order valence-electron chi connectivity index (χ4n) is 5.65. The van der Waals surface area contributed by atoms with E-state index in [1.54, 1.807) is 6.92 Å². The third-order valence-electron chi connectivity index (χ3n) is 7.94. The van der Waals surface area contributed by atoms with Crippen LogP contribution in [0.3, 0.4) is 0 Å². The molecule has 3 fully saturated rings. The fraction of sp³-hybridized carbons (Fsp3) is 0.957. The zero-order valence-electron chi connectivity index (χ0n) is 18.8. The van der Waals surface area contributed by atoms with Gasteiger partial charge >= 0.3 is 0 Å². The van der Waals surface area contributed by atoms with Crippen molar-refractivity contribution in [2.45, 2.75) is 96.3 Å². The maximum atomic E-state index is 11.8. The summed E-state index contributed by atoms with van der Waals surface area (Å²) in [5, 5.41) is 11.2. The number of aliphatic hydroxyl groups is 1. The molecule has 0 unspecified atom stereocenters. The first-order valence-corrected chi connectivity index (χ1v) is 11.3. The van der Waals surface area contributed by atoms with E-state index in [1.165, 1.54) is 0 Å². The van der Waals surface area contributed by atoms with Crippen molar-refractivity contribution >= 4 is 5.91 Å². The number of piperidine rings is 1. The van der Waals surface area contributed by atoms with Gasteiger partial charge < -0.3 is 19.6 Å². The number of nitrogens with zero attached hydrogens (tertiary/aromatic N) is 2. The molecule has 3 aliphatic rings. The van der Waals surface area contributed by atoms with Crippen LogP contribution >= 0.6 is 0 Å². The van der Waals surface area contributed by atoms with E-state index in [9.17, 15) is 9.90 Å². The van der Waals surface area contributed by atoms with E-state index < -0.39 is 5.60 Å². The maximum absolute atomic E-state index is 11.8. The van der Waals surface area contributed by atoms with Gasteiger partial charge in [0, 0.05) is 46.3 Å². The molecule has 0 aromatic carbocycles. The molecule has 2 heterocycles. The predicted octanol–water partition coefficient (Wildman–Crippen LogP) is 3.45. The SMILES string of the molecule is CC(=O)N(C)[C@H]1CCOC2(CCN(CC3(O)CCC(C(C)(C)C)CC3)CC2)C1. The second-order valence-electron chi connectivity index (χ2n) is 10.9. The molecule has 162 valence electrons. The Balaban J connectivity index is 1.50. The van der Waals surface area contributed by atoms with Crippen LogP contribution in [-0.2, 0) is 9.53 Å². The summed E-state index contributed by atoms with van der Waals surface area (Å²) in [5.41, 5.74) is -0.243. The topological polar surface area (TPSA) is 53.0 Å². The molecule has 1 atom stereocenters. The van der Waals surface area contributed by atoms with Crippen LogP contribution in [0, 0.1) is 11.3 Å². The summed E-state index contributed by atoms with van der Waals surface area (Å²) in [6.45, 7) is 12.2. The number of hydrogen-bond acceptors (Lipinski definition) is 4. The fourth-order valence-corrected chi connectivity index (χ4v) is 5.65. The van der Waals surface area contributed by atoms with Crippen molar-refractivity contribution in [1.82, 2.24) is 9.80 Å². The lowest BCUT2D eigenvalue weighted by Gasteiger charge is -2.49. The number of ether oxygens (including phenoxy) is 1. The summed E-state index contributed by atoms with van der Waals surface area (Å²) in [5.74, 6) is 0.871. The lowest BCUT2D eigenvalue weighted by Crippen LogP contribution is -2.56. The van der Waals surface area contributed by atoms with Gasteiger partial charge in [-0.25, -0.2) is 0 Å². The van der Waals surface area contributed by atoms with E-state index >= 15 is 0 Å². The Labute approximate surface area is 171 Å². The molecule has 2 saturated heterocycles. The van der Waals surface area contributed by atoms with Gasteiger partial charge in [-0.2, -0.15) is 0 Å². The van der Waals surface area contributed by atoms with Gasteiger partial charge in [-0.05, 0) is 62.7 Å². The monoisotopic (exact) mass is 394 g/mol. The van der Waals surface area contributed by atoms with E-state index in [4.69, 9.17) is 4.74 Å². The summed E-state index contributed by atoms with van der Waals surface area (Å²) in [6, 6.07) is 0.301. The van der Waals surface area contributed by atoms with Gasteiger partial charge in [-0.3, -0.25) is 4.79 Å². The maximum Gasteiger partial charge on any atom is 0.219 e. The number of carbonyl (C=O) groups excluding carboxylic acids is 1. The highest BCUT2D eigenvalue weighted by atomic mass is 16.5. The van der Waals surface area contributed by atoms with Crippen LogP contribution in [0.25, 0.3) is 0 Å². The average Bonchev–Trinajstić information content (AvgIpc) is 2.63. The summed E-state index contributed by atoms with van der Waals surface area (Å²) >= 11 is 0. The molecule has 0 bridgehead atoms. The number of β-amino-alcohol motifs (C(OH)–C–C–N with tert-alkyl or cyclic N) is 1. The Morgan fingerprint density at radius 1 is 1.14 bits per heavy atom. The minimum atomic E-state index is -0.517. The largest absolute Gasteiger partial charge is 0.389 e. The number of carbonyl (C=O) groups is 1. The molecule has 0 aromatic heterocycles. The summed E-state index contributed by atoms with van der Waals surface area (Å²) in [6.07, 6.45) is 8.05. The first-order chi connectivity index (χ1) is 13.0. The molecule has 3 rings (SSSR count). The number of amides is 1. The second-order valence-corrected chi connectivity index (χ2v) is 10.9. The molecule has 5 heteroatoms. The van der Waals surface area contributed by atoms with Gasteiger partial charge in [-0.15, -0.1) is 0 Å². The third-order valence-corrected chi connectivity index (χ3v) is 7.94. The molecular weight excluding hydrogens is 352 g/mol. The molecule has 1 aliphatic carbocycles. The Kier molecular flexibility index (Phi) is 6.48. The summed E-state index contributed by atoms with van der Waals surface area (Å²) in [4.78, 5) is 16.1. The summed E-state index contributed by atoms with van der Waals surface area (Å²) < 4.78 is 6.25. The normalized spacial score (nSPS) is 34.4. The van der Waals surface area contributed by atoms with Gasteiger partial charge in [0.25, 0.3) is 0 Å². The first kappa shape index (κ1) is 22.0. The lowest BCUT2D eigenvalue weighted by molar-refractivity contribution is -0.149. The lowest BCUT2D eigenvalue weighted by atomic mass is 9.68. The molecule has 1 saturated carbocycles. The van der Waals surface area contributed by atoms with Crippen molar-refractivity contribution in [2.24, 2.45) is 11.3 Å². The van der Waals surface area contributed by atoms with Crippen LogP contribution in [0.2, 0.25) is 0 Å². The predicted molar refractivity (Wildman–Crippen MR) is 112 cm³/mol. The minimum Gasteiger partial charge on any atom is -0.389 e. The summed E-state index contributed by atoms with van der Waals surface area (Å²) in [7, 11) is 1.92. The Morgan fingerprint density at radius 3 is 2.29 bits per heavy atom. The van der Waals surface area contributed by atoms with Crippen molar-refractivity contribution in [2.75, 3.05) is 33.3 Å². The number of hydrogen-bond donors (Lipinski definition) is 1. The zero-order valence-corrected chi connectivity index (χ0v) is 18.8. The molecule has 1 N–H and O–H groups in total. The molecule has 0 aromatic rings. The second kappa shape index (κ2) is 8.23. The third kappa shape index (κ3) is 5.09. The van der Waals surface area contributed by atoms with Crippen molar-refractivity contribution < 1.29 is 14.6 Å². The molecule has 2 aliphatic heterocycles. The van der Waals surface area contributed by atoms with Crippen molar-refractivity contribution in [3.8, 4) is 0 Å². The Bertz CT molecular complexity index is 541. The zero-order chi connectivity index (χ0) is 20.6. The van der Waals surface area contributed by atoms with E-state index in [-0.39, 0.29) is 11.5 Å². The van der Waals surface area contributed by atoms with Crippen LogP contribution < -0.4 is 0 Å². The van der Waals surface area contributed by atoms with E-state index in [0.29, 0.717) is 11.5 Å². The first-order valence-electron chi connectivity index (χ1n) is 11.3. The standard InChI is InChI=1S/C23H42N2O3/c1-18(26)24(5)20-8-15-28-23(16-20)11-13-25(14-12-23)17-22(27)9-6-19(7-10-22)21(2,3)4/h19-20,27H,6-17H2,1-5H3/t19?,20-,22?/m0/s1. The average molecular weight is 395 g/mol. The van der Waals surface area contributed by atoms with Gasteiger partial charge in [0.1, 0.15) is 0 Å². The Morgan fingerprint density at radius 2 is 1.75 bits per heavy atom. The molecule has 1 spiro atoms. The van der Waals surface area contributed by atoms with Gasteiger partial charge in [-0.1, -0.05) is 20.8 Å². The Hall–Kier alpha value is -0.650. The smallest absolute Gasteiger partial charge is 0.219 e. The van der Waals surface area contributed by atoms with Crippen LogP contribution in [0.1, 0.15) is 79.1 Å². The minimum absolute atomic E-state index is 0.0738. The van der Waals surface area contributed by atoms with Crippen molar-refractivity contribution in [3.63, 3.8) is 0 Å². The molecule has 28 heavy (non-hydrogen) atoms. The van der Waals surface area contributed by atoms with E-state index in [2.05, 4.69) is 25.7 Å². The molecule has 1 amide bonds. The highest BCUT2D eigenvalue weighted by molar-refractivity contribution is 5.73. The molecule has 0 radical (unpaired) electrons. The number of likely N-dealkylation sites (tertiary alicyclic amines) is 1. The van der Waals surface area contributed by atoms with Crippen molar-refractivity contribution in [3.05, 3.63) is 0 Å². The van der Waals surface area contributed by atoms with Gasteiger partial charge in [0.2, 0.25) is 5.91 Å². The van der Waals surface area contributed by atoms with E-state index in [1.807, 2.05) is 11.9 Å². The van der Waals surface area contributed by atoms with Crippen LogP contribution in [0.15, 0.2) is 0 Å². The molecule has 5 nitrogen and oxygen atoms in total.